The maximum Gasteiger partial charge on any atom is 0.324 e. The third-order valence-electron chi connectivity index (χ3n) is 3.44. The molecule has 1 atom stereocenters. The zero-order chi connectivity index (χ0) is 17.6. The van der Waals surface area contributed by atoms with Crippen molar-refractivity contribution in [2.45, 2.75) is 45.4 Å². The number of nitrogens with one attached hydrogen (secondary N) is 1. The molecule has 2 aromatic rings. The van der Waals surface area contributed by atoms with Gasteiger partial charge in [-0.05, 0) is 73.0 Å². The molecule has 2 rings (SSSR count). The van der Waals surface area contributed by atoms with Crippen molar-refractivity contribution in [3.63, 3.8) is 0 Å². The molecule has 0 heterocycles. The molecule has 1 unspecified atom stereocenters. The minimum Gasteiger partial charge on any atom is -0.459 e. The monoisotopic (exact) mass is 437 g/mol. The average molecular weight is 437 g/mol. The third kappa shape index (κ3) is 6.61. The topological polar surface area (TPSA) is 38.3 Å². The molecule has 0 aromatic heterocycles. The molecular weight excluding hydrogens is 413 g/mol. The standard InChI is InChI=1S/C20H24INO2/c1-20(2,3)24-19(23)18(13-15-9-11-17(21)12-10-15)22-14-16-7-5-4-6-8-16/h4-12,18,22H,13-14H2,1-3H3. The van der Waals surface area contributed by atoms with Gasteiger partial charge in [0.2, 0.25) is 0 Å². The quantitative estimate of drug-likeness (QED) is 0.540. The Morgan fingerprint density at radius 1 is 1.04 bits per heavy atom. The first kappa shape index (κ1) is 18.9. The second-order valence-corrected chi connectivity index (χ2v) is 8.03. The lowest BCUT2D eigenvalue weighted by atomic mass is 10.0. The molecule has 4 heteroatoms. The highest BCUT2D eigenvalue weighted by atomic mass is 127. The van der Waals surface area contributed by atoms with Crippen LogP contribution in [-0.4, -0.2) is 17.6 Å². The summed E-state index contributed by atoms with van der Waals surface area (Å²) >= 11 is 2.28. The van der Waals surface area contributed by atoms with Crippen LogP contribution < -0.4 is 5.32 Å². The number of carbonyl (C=O) groups excluding carboxylic acids is 1. The van der Waals surface area contributed by atoms with Crippen LogP contribution in [-0.2, 0) is 22.5 Å². The van der Waals surface area contributed by atoms with Gasteiger partial charge in [0.25, 0.3) is 0 Å². The van der Waals surface area contributed by atoms with E-state index in [9.17, 15) is 4.79 Å². The van der Waals surface area contributed by atoms with Gasteiger partial charge >= 0.3 is 5.97 Å². The number of halogens is 1. The van der Waals surface area contributed by atoms with E-state index in [1.54, 1.807) is 0 Å². The summed E-state index contributed by atoms with van der Waals surface area (Å²) in [4.78, 5) is 12.6. The van der Waals surface area contributed by atoms with Gasteiger partial charge in [0.1, 0.15) is 11.6 Å². The Bertz CT molecular complexity index is 648. The van der Waals surface area contributed by atoms with Crippen LogP contribution in [0.2, 0.25) is 0 Å². The lowest BCUT2D eigenvalue weighted by Crippen LogP contribution is -2.42. The molecule has 0 radical (unpaired) electrons. The zero-order valence-electron chi connectivity index (χ0n) is 14.4. The van der Waals surface area contributed by atoms with E-state index in [-0.39, 0.29) is 12.0 Å². The first-order chi connectivity index (χ1) is 11.3. The zero-order valence-corrected chi connectivity index (χ0v) is 16.5. The van der Waals surface area contributed by atoms with Crippen molar-refractivity contribution >= 4 is 28.6 Å². The first-order valence-corrected chi connectivity index (χ1v) is 9.16. The van der Waals surface area contributed by atoms with Crippen molar-refractivity contribution in [3.8, 4) is 0 Å². The smallest absolute Gasteiger partial charge is 0.324 e. The molecule has 0 bridgehead atoms. The number of ether oxygens (including phenoxy) is 1. The molecule has 0 saturated carbocycles. The van der Waals surface area contributed by atoms with Gasteiger partial charge in [0.05, 0.1) is 0 Å². The van der Waals surface area contributed by atoms with Gasteiger partial charge in [0, 0.05) is 10.1 Å². The molecule has 0 aliphatic carbocycles. The highest BCUT2D eigenvalue weighted by molar-refractivity contribution is 14.1. The second kappa shape index (κ2) is 8.62. The molecule has 0 aliphatic rings. The van der Waals surface area contributed by atoms with E-state index >= 15 is 0 Å². The van der Waals surface area contributed by atoms with Gasteiger partial charge < -0.3 is 10.1 Å². The van der Waals surface area contributed by atoms with Gasteiger partial charge in [-0.1, -0.05) is 42.5 Å². The Balaban J connectivity index is 2.08. The van der Waals surface area contributed by atoms with Gasteiger partial charge in [-0.25, -0.2) is 0 Å². The molecule has 3 nitrogen and oxygen atoms in total. The number of benzene rings is 2. The van der Waals surface area contributed by atoms with E-state index in [1.807, 2.05) is 51.1 Å². The van der Waals surface area contributed by atoms with Crippen LogP contribution in [0.4, 0.5) is 0 Å². The summed E-state index contributed by atoms with van der Waals surface area (Å²) in [7, 11) is 0. The highest BCUT2D eigenvalue weighted by Crippen LogP contribution is 2.13. The SMILES string of the molecule is CC(C)(C)OC(=O)C(Cc1ccc(I)cc1)NCc1ccccc1. The van der Waals surface area contributed by atoms with Crippen LogP contribution in [0.15, 0.2) is 54.6 Å². The summed E-state index contributed by atoms with van der Waals surface area (Å²) < 4.78 is 6.76. The van der Waals surface area contributed by atoms with Crippen molar-refractivity contribution < 1.29 is 9.53 Å². The van der Waals surface area contributed by atoms with Gasteiger partial charge in [-0.15, -0.1) is 0 Å². The summed E-state index contributed by atoms with van der Waals surface area (Å²) in [5.74, 6) is -0.211. The Morgan fingerprint density at radius 2 is 1.67 bits per heavy atom. The van der Waals surface area contributed by atoms with E-state index in [4.69, 9.17) is 4.74 Å². The molecule has 1 N–H and O–H groups in total. The predicted octanol–water partition coefficient (Wildman–Crippen LogP) is 4.33. The molecule has 128 valence electrons. The number of hydrogen-bond acceptors (Lipinski definition) is 3. The molecule has 24 heavy (non-hydrogen) atoms. The largest absolute Gasteiger partial charge is 0.459 e. The van der Waals surface area contributed by atoms with E-state index < -0.39 is 5.60 Å². The lowest BCUT2D eigenvalue weighted by Gasteiger charge is -2.25. The summed E-state index contributed by atoms with van der Waals surface area (Å²) in [6.07, 6.45) is 0.610. The minimum absolute atomic E-state index is 0.211. The number of carbonyl (C=O) groups is 1. The van der Waals surface area contributed by atoms with Crippen LogP contribution in [0.1, 0.15) is 31.9 Å². The molecule has 0 amide bonds. The van der Waals surface area contributed by atoms with Crippen molar-refractivity contribution in [1.82, 2.24) is 5.32 Å². The average Bonchev–Trinajstić information content (AvgIpc) is 2.52. The van der Waals surface area contributed by atoms with Crippen LogP contribution >= 0.6 is 22.6 Å². The van der Waals surface area contributed by atoms with Gasteiger partial charge in [-0.3, -0.25) is 4.79 Å². The van der Waals surface area contributed by atoms with Crippen LogP contribution in [0.5, 0.6) is 0 Å². The van der Waals surface area contributed by atoms with E-state index in [2.05, 4.69) is 52.2 Å². The molecule has 0 fully saturated rings. The number of hydrogen-bond donors (Lipinski definition) is 1. The summed E-state index contributed by atoms with van der Waals surface area (Å²) in [6, 6.07) is 17.9. The molecule has 0 spiro atoms. The Kier molecular flexibility index (Phi) is 6.80. The summed E-state index contributed by atoms with van der Waals surface area (Å²) in [5, 5.41) is 3.35. The Hall–Kier alpha value is -1.40. The Morgan fingerprint density at radius 3 is 2.25 bits per heavy atom. The minimum atomic E-state index is -0.490. The predicted molar refractivity (Wildman–Crippen MR) is 106 cm³/mol. The van der Waals surface area contributed by atoms with Crippen molar-refractivity contribution in [3.05, 3.63) is 69.3 Å². The fourth-order valence-corrected chi connectivity index (χ4v) is 2.66. The van der Waals surface area contributed by atoms with Gasteiger partial charge in [0.15, 0.2) is 0 Å². The maximum absolute atomic E-state index is 12.6. The summed E-state index contributed by atoms with van der Waals surface area (Å²) in [6.45, 7) is 6.31. The molecule has 0 saturated heterocycles. The fourth-order valence-electron chi connectivity index (χ4n) is 2.30. The van der Waals surface area contributed by atoms with Crippen molar-refractivity contribution in [2.24, 2.45) is 0 Å². The maximum atomic E-state index is 12.6. The normalized spacial score (nSPS) is 12.7. The van der Waals surface area contributed by atoms with E-state index in [0.717, 1.165) is 11.1 Å². The van der Waals surface area contributed by atoms with Crippen molar-refractivity contribution in [2.75, 3.05) is 0 Å². The van der Waals surface area contributed by atoms with Crippen molar-refractivity contribution in [1.29, 1.82) is 0 Å². The van der Waals surface area contributed by atoms with Crippen LogP contribution in [0, 0.1) is 3.57 Å². The van der Waals surface area contributed by atoms with Crippen LogP contribution in [0.25, 0.3) is 0 Å². The second-order valence-electron chi connectivity index (χ2n) is 6.78. The summed E-state index contributed by atoms with van der Waals surface area (Å²) in [5.41, 5.74) is 1.77. The van der Waals surface area contributed by atoms with Gasteiger partial charge in [-0.2, -0.15) is 0 Å². The molecule has 2 aromatic carbocycles. The van der Waals surface area contributed by atoms with E-state index in [0.29, 0.717) is 13.0 Å². The van der Waals surface area contributed by atoms with E-state index in [1.165, 1.54) is 3.57 Å². The molecule has 0 aliphatic heterocycles. The highest BCUT2D eigenvalue weighted by Gasteiger charge is 2.25. The first-order valence-electron chi connectivity index (χ1n) is 8.08. The lowest BCUT2D eigenvalue weighted by molar-refractivity contribution is -0.157. The number of esters is 1. The fraction of sp³-hybridized carbons (Fsp3) is 0.350. The third-order valence-corrected chi connectivity index (χ3v) is 4.16. The molecular formula is C20H24INO2. The van der Waals surface area contributed by atoms with Crippen LogP contribution in [0.3, 0.4) is 0 Å². The Labute approximate surface area is 157 Å². The number of rotatable bonds is 6.